The SMILES string of the molecule is CCC(CC)NC(=O)CSc1nnc(-c2ccccc2F)n1-c1ccc(C)cc1. The Bertz CT molecular complexity index is 967. The third kappa shape index (κ3) is 5.03. The van der Waals surface area contributed by atoms with Crippen molar-refractivity contribution < 1.29 is 9.18 Å². The molecular formula is C22H25FN4OS. The topological polar surface area (TPSA) is 59.8 Å². The number of aryl methyl sites for hydroxylation is 1. The molecule has 0 aliphatic rings. The van der Waals surface area contributed by atoms with Gasteiger partial charge in [-0.3, -0.25) is 9.36 Å². The maximum atomic E-state index is 14.4. The number of carbonyl (C=O) groups excluding carboxylic acids is 1. The Morgan fingerprint density at radius 2 is 1.79 bits per heavy atom. The van der Waals surface area contributed by atoms with Gasteiger partial charge in [0.25, 0.3) is 0 Å². The van der Waals surface area contributed by atoms with Crippen molar-refractivity contribution in [2.75, 3.05) is 5.75 Å². The monoisotopic (exact) mass is 412 g/mol. The van der Waals surface area contributed by atoms with Crippen molar-refractivity contribution in [2.24, 2.45) is 0 Å². The highest BCUT2D eigenvalue weighted by molar-refractivity contribution is 7.99. The van der Waals surface area contributed by atoms with E-state index >= 15 is 0 Å². The van der Waals surface area contributed by atoms with Gasteiger partial charge in [-0.05, 0) is 44.0 Å². The number of hydrogen-bond acceptors (Lipinski definition) is 4. The Morgan fingerprint density at radius 3 is 2.45 bits per heavy atom. The van der Waals surface area contributed by atoms with Crippen LogP contribution < -0.4 is 5.32 Å². The van der Waals surface area contributed by atoms with Gasteiger partial charge in [0.05, 0.1) is 11.3 Å². The maximum Gasteiger partial charge on any atom is 0.230 e. The Kier molecular flexibility index (Phi) is 7.04. The minimum absolute atomic E-state index is 0.0467. The smallest absolute Gasteiger partial charge is 0.230 e. The minimum Gasteiger partial charge on any atom is -0.353 e. The highest BCUT2D eigenvalue weighted by atomic mass is 32.2. The average Bonchev–Trinajstić information content (AvgIpc) is 3.15. The molecule has 1 N–H and O–H groups in total. The van der Waals surface area contributed by atoms with E-state index in [9.17, 15) is 9.18 Å². The van der Waals surface area contributed by atoms with Gasteiger partial charge < -0.3 is 5.32 Å². The number of amides is 1. The first-order valence-corrected chi connectivity index (χ1v) is 10.7. The molecule has 3 aromatic rings. The molecule has 0 spiro atoms. The number of carbonyl (C=O) groups is 1. The van der Waals surface area contributed by atoms with Crippen molar-refractivity contribution in [3.63, 3.8) is 0 Å². The lowest BCUT2D eigenvalue weighted by Crippen LogP contribution is -2.35. The second-order valence-corrected chi connectivity index (χ2v) is 7.77. The van der Waals surface area contributed by atoms with E-state index in [1.165, 1.54) is 17.8 Å². The van der Waals surface area contributed by atoms with Gasteiger partial charge in [-0.15, -0.1) is 10.2 Å². The number of hydrogen-bond donors (Lipinski definition) is 1. The molecular weight excluding hydrogens is 387 g/mol. The molecule has 0 aliphatic carbocycles. The molecule has 1 amide bonds. The van der Waals surface area contributed by atoms with E-state index in [4.69, 9.17) is 0 Å². The molecule has 1 aromatic heterocycles. The molecule has 3 rings (SSSR count). The highest BCUT2D eigenvalue weighted by Crippen LogP contribution is 2.29. The third-order valence-electron chi connectivity index (χ3n) is 4.72. The summed E-state index contributed by atoms with van der Waals surface area (Å²) < 4.78 is 16.2. The number of thioether (sulfide) groups is 1. The molecule has 0 atom stereocenters. The van der Waals surface area contributed by atoms with Crippen molar-refractivity contribution in [3.05, 3.63) is 59.9 Å². The summed E-state index contributed by atoms with van der Waals surface area (Å²) in [6.45, 7) is 6.11. The molecule has 1 heterocycles. The third-order valence-corrected chi connectivity index (χ3v) is 5.65. The van der Waals surface area contributed by atoms with E-state index in [0.29, 0.717) is 16.5 Å². The van der Waals surface area contributed by atoms with Crippen LogP contribution in [0, 0.1) is 12.7 Å². The Hall–Kier alpha value is -2.67. The lowest BCUT2D eigenvalue weighted by atomic mass is 10.2. The van der Waals surface area contributed by atoms with E-state index in [0.717, 1.165) is 24.1 Å². The standard InChI is InChI=1S/C22H25FN4OS/c1-4-16(5-2)24-20(28)14-29-22-26-25-21(18-8-6-7-9-19(18)23)27(22)17-12-10-15(3)11-13-17/h6-13,16H,4-5,14H2,1-3H3,(H,24,28). The summed E-state index contributed by atoms with van der Waals surface area (Å²) in [5.74, 6) is 0.221. The van der Waals surface area contributed by atoms with Crippen LogP contribution in [0.2, 0.25) is 0 Å². The Balaban J connectivity index is 1.92. The molecule has 152 valence electrons. The Morgan fingerprint density at radius 1 is 1.10 bits per heavy atom. The zero-order chi connectivity index (χ0) is 20.8. The van der Waals surface area contributed by atoms with Gasteiger partial charge in [-0.2, -0.15) is 0 Å². The molecule has 0 bridgehead atoms. The molecule has 0 saturated carbocycles. The number of rotatable bonds is 8. The summed E-state index contributed by atoms with van der Waals surface area (Å²) in [4.78, 5) is 12.3. The number of nitrogens with one attached hydrogen (secondary N) is 1. The van der Waals surface area contributed by atoms with Crippen LogP contribution in [0.25, 0.3) is 17.1 Å². The van der Waals surface area contributed by atoms with Crippen LogP contribution in [0.1, 0.15) is 32.3 Å². The first kappa shape index (κ1) is 21.0. The number of aromatic nitrogens is 3. The molecule has 0 radical (unpaired) electrons. The molecule has 0 aliphatic heterocycles. The van der Waals surface area contributed by atoms with Gasteiger partial charge >= 0.3 is 0 Å². The summed E-state index contributed by atoms with van der Waals surface area (Å²) in [6, 6.07) is 14.5. The van der Waals surface area contributed by atoms with E-state index in [1.54, 1.807) is 22.8 Å². The van der Waals surface area contributed by atoms with E-state index < -0.39 is 0 Å². The first-order valence-electron chi connectivity index (χ1n) is 9.73. The van der Waals surface area contributed by atoms with Gasteiger partial charge in [0.1, 0.15) is 5.82 Å². The summed E-state index contributed by atoms with van der Waals surface area (Å²) >= 11 is 1.29. The fourth-order valence-electron chi connectivity index (χ4n) is 3.00. The molecule has 0 saturated heterocycles. The first-order chi connectivity index (χ1) is 14.0. The maximum absolute atomic E-state index is 14.4. The van der Waals surface area contributed by atoms with Gasteiger partial charge in [-0.1, -0.05) is 55.4 Å². The molecule has 0 unspecified atom stereocenters. The van der Waals surface area contributed by atoms with Crippen LogP contribution in [-0.4, -0.2) is 32.5 Å². The van der Waals surface area contributed by atoms with Crippen LogP contribution in [0.4, 0.5) is 4.39 Å². The van der Waals surface area contributed by atoms with E-state index in [2.05, 4.69) is 29.4 Å². The predicted octanol–water partition coefficient (Wildman–Crippen LogP) is 4.78. The largest absolute Gasteiger partial charge is 0.353 e. The fourth-order valence-corrected chi connectivity index (χ4v) is 3.76. The zero-order valence-corrected chi connectivity index (χ0v) is 17.7. The van der Waals surface area contributed by atoms with Crippen LogP contribution in [0.15, 0.2) is 53.7 Å². The minimum atomic E-state index is -0.365. The molecule has 29 heavy (non-hydrogen) atoms. The Labute approximate surface area is 174 Å². The normalized spacial score (nSPS) is 11.1. The number of nitrogens with zero attached hydrogens (tertiary/aromatic N) is 3. The quantitative estimate of drug-likeness (QED) is 0.541. The summed E-state index contributed by atoms with van der Waals surface area (Å²) in [7, 11) is 0. The van der Waals surface area contributed by atoms with Crippen molar-refractivity contribution in [2.45, 2.75) is 44.8 Å². The van der Waals surface area contributed by atoms with Crippen LogP contribution >= 0.6 is 11.8 Å². The van der Waals surface area contributed by atoms with Crippen molar-refractivity contribution in [1.82, 2.24) is 20.1 Å². The van der Waals surface area contributed by atoms with Crippen LogP contribution in [0.5, 0.6) is 0 Å². The lowest BCUT2D eigenvalue weighted by molar-refractivity contribution is -0.119. The van der Waals surface area contributed by atoms with Gasteiger partial charge in [0.15, 0.2) is 11.0 Å². The molecule has 7 heteroatoms. The van der Waals surface area contributed by atoms with Crippen molar-refractivity contribution in [1.29, 1.82) is 0 Å². The molecule has 5 nitrogen and oxygen atoms in total. The van der Waals surface area contributed by atoms with Crippen LogP contribution in [-0.2, 0) is 4.79 Å². The molecule has 0 fully saturated rings. The van der Waals surface area contributed by atoms with Gasteiger partial charge in [0.2, 0.25) is 5.91 Å². The van der Waals surface area contributed by atoms with Crippen LogP contribution in [0.3, 0.4) is 0 Å². The highest BCUT2D eigenvalue weighted by Gasteiger charge is 2.19. The predicted molar refractivity (Wildman–Crippen MR) is 115 cm³/mol. The molecule has 2 aromatic carbocycles. The van der Waals surface area contributed by atoms with Crippen molar-refractivity contribution >= 4 is 17.7 Å². The number of halogens is 1. The van der Waals surface area contributed by atoms with Crippen molar-refractivity contribution in [3.8, 4) is 17.1 Å². The van der Waals surface area contributed by atoms with Gasteiger partial charge in [-0.25, -0.2) is 4.39 Å². The second-order valence-electron chi connectivity index (χ2n) is 6.83. The summed E-state index contributed by atoms with van der Waals surface area (Å²) in [5.41, 5.74) is 2.31. The van der Waals surface area contributed by atoms with E-state index in [-0.39, 0.29) is 23.5 Å². The lowest BCUT2D eigenvalue weighted by Gasteiger charge is -2.15. The van der Waals surface area contributed by atoms with E-state index in [1.807, 2.05) is 31.2 Å². The fraction of sp³-hybridized carbons (Fsp3) is 0.318. The summed E-state index contributed by atoms with van der Waals surface area (Å²) in [6.07, 6.45) is 1.79. The number of benzene rings is 2. The second kappa shape index (κ2) is 9.69. The van der Waals surface area contributed by atoms with Gasteiger partial charge in [0, 0.05) is 11.7 Å². The summed E-state index contributed by atoms with van der Waals surface area (Å²) in [5, 5.41) is 12.1. The average molecular weight is 413 g/mol. The zero-order valence-electron chi connectivity index (χ0n) is 16.9.